The fourth-order valence-corrected chi connectivity index (χ4v) is 2.53. The molecule has 0 bridgehead atoms. The Labute approximate surface area is 74.5 Å². The monoisotopic (exact) mass is 183 g/mol. The number of allylic oxidation sites excluding steroid dienone is 1. The molecule has 64 valence electrons. The number of nitrogens with one attached hydrogen (secondary N) is 1. The molecular formula is C8H9NO2S. The first-order valence-electron chi connectivity index (χ1n) is 3.79. The average molecular weight is 183 g/mol. The smallest absolute Gasteiger partial charge is 0.317 e. The van der Waals surface area contributed by atoms with Gasteiger partial charge in [0.15, 0.2) is 0 Å². The van der Waals surface area contributed by atoms with Crippen LogP contribution in [0, 0.1) is 0 Å². The van der Waals surface area contributed by atoms with Gasteiger partial charge in [0.1, 0.15) is 5.25 Å². The lowest BCUT2D eigenvalue weighted by molar-refractivity contribution is -0.136. The highest BCUT2D eigenvalue weighted by atomic mass is 32.2. The zero-order valence-corrected chi connectivity index (χ0v) is 7.23. The second-order valence-electron chi connectivity index (χ2n) is 2.83. The van der Waals surface area contributed by atoms with E-state index in [1.54, 1.807) is 0 Å². The molecule has 0 amide bonds. The fraction of sp³-hybridized carbons (Fsp3) is 0.375. The van der Waals surface area contributed by atoms with Gasteiger partial charge in [-0.3, -0.25) is 4.79 Å². The van der Waals surface area contributed by atoms with E-state index in [-0.39, 0.29) is 5.25 Å². The molecule has 2 N–H and O–H groups in total. The predicted molar refractivity (Wildman–Crippen MR) is 47.8 cm³/mol. The van der Waals surface area contributed by atoms with Crippen LogP contribution in [-0.2, 0) is 4.79 Å². The van der Waals surface area contributed by atoms with E-state index in [1.165, 1.54) is 17.3 Å². The number of carboxylic acid groups (broad SMARTS) is 1. The van der Waals surface area contributed by atoms with E-state index in [0.29, 0.717) is 6.42 Å². The minimum Gasteiger partial charge on any atom is -0.480 e. The van der Waals surface area contributed by atoms with E-state index in [2.05, 4.69) is 5.32 Å². The number of thioether (sulfide) groups is 1. The molecule has 2 aliphatic heterocycles. The molecule has 0 spiro atoms. The van der Waals surface area contributed by atoms with Crippen LogP contribution in [-0.4, -0.2) is 22.9 Å². The molecule has 0 radical (unpaired) electrons. The molecule has 0 fully saturated rings. The standard InChI is InChI=1S/C8H9NO2S/c10-8(11)7-3-5-4-9-2-1-6(5)12-7/h1-2,7,9H,3-4H2,(H,10,11). The van der Waals surface area contributed by atoms with E-state index < -0.39 is 5.97 Å². The van der Waals surface area contributed by atoms with Crippen molar-refractivity contribution in [2.45, 2.75) is 11.7 Å². The second kappa shape index (κ2) is 2.86. The van der Waals surface area contributed by atoms with E-state index >= 15 is 0 Å². The summed E-state index contributed by atoms with van der Waals surface area (Å²) in [6.07, 6.45) is 4.51. The Morgan fingerprint density at radius 2 is 2.58 bits per heavy atom. The predicted octanol–water partition coefficient (Wildman–Crippen LogP) is 0.948. The van der Waals surface area contributed by atoms with E-state index in [4.69, 9.17) is 5.11 Å². The molecule has 0 aromatic carbocycles. The maximum Gasteiger partial charge on any atom is 0.317 e. The number of carboxylic acids is 1. The van der Waals surface area contributed by atoms with Gasteiger partial charge in [-0.2, -0.15) is 0 Å². The Kier molecular flexibility index (Phi) is 1.84. The normalized spacial score (nSPS) is 26.8. The summed E-state index contributed by atoms with van der Waals surface area (Å²) in [6.45, 7) is 0.808. The van der Waals surface area contributed by atoms with E-state index in [0.717, 1.165) is 11.4 Å². The highest BCUT2D eigenvalue weighted by Crippen LogP contribution is 2.39. The zero-order chi connectivity index (χ0) is 8.55. The maximum atomic E-state index is 10.7. The van der Waals surface area contributed by atoms with Gasteiger partial charge >= 0.3 is 5.97 Å². The van der Waals surface area contributed by atoms with Crippen LogP contribution in [0.25, 0.3) is 0 Å². The van der Waals surface area contributed by atoms with Gasteiger partial charge in [-0.15, -0.1) is 11.8 Å². The van der Waals surface area contributed by atoms with Crippen LogP contribution < -0.4 is 5.32 Å². The number of carbonyl (C=O) groups is 1. The highest BCUT2D eigenvalue weighted by molar-refractivity contribution is 8.04. The molecule has 0 saturated heterocycles. The van der Waals surface area contributed by atoms with Crippen LogP contribution in [0.1, 0.15) is 6.42 Å². The molecule has 0 aromatic rings. The molecule has 2 heterocycles. The van der Waals surface area contributed by atoms with Crippen molar-refractivity contribution in [1.82, 2.24) is 5.32 Å². The number of dihydropyridines is 1. The van der Waals surface area contributed by atoms with Gasteiger partial charge < -0.3 is 10.4 Å². The summed E-state index contributed by atoms with van der Waals surface area (Å²) in [5.41, 5.74) is 1.23. The Hall–Kier alpha value is -0.900. The van der Waals surface area contributed by atoms with Gasteiger partial charge in [0.25, 0.3) is 0 Å². The zero-order valence-electron chi connectivity index (χ0n) is 6.41. The molecular weight excluding hydrogens is 174 g/mol. The molecule has 0 saturated carbocycles. The topological polar surface area (TPSA) is 49.3 Å². The lowest BCUT2D eigenvalue weighted by atomic mass is 10.1. The van der Waals surface area contributed by atoms with Crippen LogP contribution in [0.2, 0.25) is 0 Å². The number of hydrogen-bond donors (Lipinski definition) is 2. The lowest BCUT2D eigenvalue weighted by Crippen LogP contribution is -2.16. The van der Waals surface area contributed by atoms with Crippen LogP contribution in [0.4, 0.5) is 0 Å². The minimum absolute atomic E-state index is 0.264. The first-order valence-corrected chi connectivity index (χ1v) is 4.67. The van der Waals surface area contributed by atoms with Crippen molar-refractivity contribution in [2.24, 2.45) is 0 Å². The Morgan fingerprint density at radius 3 is 3.25 bits per heavy atom. The maximum absolute atomic E-state index is 10.7. The van der Waals surface area contributed by atoms with Gasteiger partial charge in [0.05, 0.1) is 0 Å². The highest BCUT2D eigenvalue weighted by Gasteiger charge is 2.29. The van der Waals surface area contributed by atoms with Gasteiger partial charge in [0.2, 0.25) is 0 Å². The minimum atomic E-state index is -0.706. The summed E-state index contributed by atoms with van der Waals surface area (Å²) in [4.78, 5) is 11.8. The quantitative estimate of drug-likeness (QED) is 0.635. The van der Waals surface area contributed by atoms with Crippen LogP contribution in [0.3, 0.4) is 0 Å². The molecule has 0 aromatic heterocycles. The molecule has 4 heteroatoms. The summed E-state index contributed by atoms with van der Waals surface area (Å²) < 4.78 is 0. The molecule has 2 rings (SSSR count). The number of rotatable bonds is 1. The average Bonchev–Trinajstić information content (AvgIpc) is 2.46. The molecule has 1 atom stereocenters. The summed E-state index contributed by atoms with van der Waals surface area (Å²) in [5, 5.41) is 11.6. The Morgan fingerprint density at radius 1 is 1.75 bits per heavy atom. The van der Waals surface area contributed by atoms with Crippen LogP contribution >= 0.6 is 11.8 Å². The Bertz CT molecular complexity index is 283. The molecule has 0 aliphatic carbocycles. The largest absolute Gasteiger partial charge is 0.480 e. The number of aliphatic carboxylic acids is 1. The van der Waals surface area contributed by atoms with Crippen molar-refractivity contribution in [3.05, 3.63) is 22.8 Å². The van der Waals surface area contributed by atoms with Crippen molar-refractivity contribution < 1.29 is 9.90 Å². The summed E-state index contributed by atoms with van der Waals surface area (Å²) in [7, 11) is 0. The van der Waals surface area contributed by atoms with E-state index in [9.17, 15) is 4.79 Å². The first-order chi connectivity index (χ1) is 5.77. The van der Waals surface area contributed by atoms with Gasteiger partial charge in [-0.05, 0) is 24.3 Å². The second-order valence-corrected chi connectivity index (χ2v) is 4.08. The summed E-state index contributed by atoms with van der Waals surface area (Å²) in [6, 6.07) is 0. The van der Waals surface area contributed by atoms with Crippen LogP contribution in [0.15, 0.2) is 22.8 Å². The lowest BCUT2D eigenvalue weighted by Gasteiger charge is -2.07. The Balaban J connectivity index is 2.12. The SMILES string of the molecule is O=C(O)C1CC2=C(C=CNC2)S1. The molecule has 1 unspecified atom stereocenters. The summed E-state index contributed by atoms with van der Waals surface area (Å²) in [5.74, 6) is -0.706. The van der Waals surface area contributed by atoms with Crippen molar-refractivity contribution in [1.29, 1.82) is 0 Å². The van der Waals surface area contributed by atoms with Gasteiger partial charge in [-0.25, -0.2) is 0 Å². The molecule has 12 heavy (non-hydrogen) atoms. The molecule has 2 aliphatic rings. The van der Waals surface area contributed by atoms with Crippen LogP contribution in [0.5, 0.6) is 0 Å². The van der Waals surface area contributed by atoms with Crippen molar-refractivity contribution >= 4 is 17.7 Å². The summed E-state index contributed by atoms with van der Waals surface area (Å²) >= 11 is 1.46. The third-order valence-electron chi connectivity index (χ3n) is 1.99. The van der Waals surface area contributed by atoms with E-state index in [1.807, 2.05) is 12.3 Å². The molecule has 3 nitrogen and oxygen atoms in total. The van der Waals surface area contributed by atoms with Gasteiger partial charge in [0, 0.05) is 11.4 Å². The van der Waals surface area contributed by atoms with Gasteiger partial charge in [-0.1, -0.05) is 0 Å². The third kappa shape index (κ3) is 1.22. The fourth-order valence-electron chi connectivity index (χ4n) is 1.37. The number of hydrogen-bond acceptors (Lipinski definition) is 3. The first kappa shape index (κ1) is 7.73. The van der Waals surface area contributed by atoms with Crippen molar-refractivity contribution in [2.75, 3.05) is 6.54 Å². The third-order valence-corrected chi connectivity index (χ3v) is 3.32. The van der Waals surface area contributed by atoms with Crippen molar-refractivity contribution in [3.8, 4) is 0 Å². The van der Waals surface area contributed by atoms with Crippen molar-refractivity contribution in [3.63, 3.8) is 0 Å².